The number of halogens is 3. The van der Waals surface area contributed by atoms with Gasteiger partial charge in [-0.3, -0.25) is 9.59 Å². The zero-order valence-electron chi connectivity index (χ0n) is 22.0. The molecule has 0 aromatic carbocycles. The number of nitrogens with zero attached hydrogens (tertiary/aromatic N) is 2. The molecule has 0 aliphatic heterocycles. The molecule has 0 radical (unpaired) electrons. The van der Waals surface area contributed by atoms with Crippen molar-refractivity contribution in [1.29, 1.82) is 0 Å². The molecule has 2 aliphatic rings. The maximum atomic E-state index is 13.8. The number of hydrogen-bond acceptors (Lipinski definition) is 4. The average Bonchev–Trinajstić information content (AvgIpc) is 3.13. The third kappa shape index (κ3) is 6.18. The lowest BCUT2D eigenvalue weighted by atomic mass is 9.89. The van der Waals surface area contributed by atoms with E-state index in [4.69, 9.17) is 4.74 Å². The van der Waals surface area contributed by atoms with Crippen LogP contribution in [0.4, 0.5) is 13.2 Å². The number of carbonyl (C=O) groups is 2. The number of ether oxygens (including phenoxy) is 1. The largest absolute Gasteiger partial charge is 0.464 e. The van der Waals surface area contributed by atoms with Crippen LogP contribution in [0.15, 0.2) is 18.2 Å². The quantitative estimate of drug-likeness (QED) is 0.443. The summed E-state index contributed by atoms with van der Waals surface area (Å²) in [5.41, 5.74) is 1.03. The molecule has 1 N–H and O–H groups in total. The van der Waals surface area contributed by atoms with Crippen molar-refractivity contribution in [3.8, 4) is 11.3 Å². The predicted octanol–water partition coefficient (Wildman–Crippen LogP) is 6.19. The van der Waals surface area contributed by atoms with Crippen LogP contribution in [0.25, 0.3) is 11.3 Å². The van der Waals surface area contributed by atoms with Crippen LogP contribution in [0.2, 0.25) is 0 Å². The molecule has 0 saturated heterocycles. The fourth-order valence-electron chi connectivity index (χ4n) is 5.32. The molecule has 202 valence electrons. The smallest absolute Gasteiger partial charge is 0.433 e. The highest BCUT2D eigenvalue weighted by Crippen LogP contribution is 2.37. The van der Waals surface area contributed by atoms with E-state index in [9.17, 15) is 22.8 Å². The van der Waals surface area contributed by atoms with Crippen molar-refractivity contribution in [3.63, 3.8) is 0 Å². The minimum atomic E-state index is -4.59. The molecule has 4 rings (SSSR count). The summed E-state index contributed by atoms with van der Waals surface area (Å²) in [6.07, 6.45) is 1.93. The van der Waals surface area contributed by atoms with Gasteiger partial charge in [-0.05, 0) is 43.9 Å². The van der Waals surface area contributed by atoms with E-state index >= 15 is 0 Å². The summed E-state index contributed by atoms with van der Waals surface area (Å²) < 4.78 is 48.5. The number of alkyl halides is 3. The van der Waals surface area contributed by atoms with Crippen LogP contribution in [-0.2, 0) is 27.7 Å². The second-order valence-electron chi connectivity index (χ2n) is 11.5. The molecule has 37 heavy (non-hydrogen) atoms. The summed E-state index contributed by atoms with van der Waals surface area (Å²) in [5.74, 6) is 0.144. The van der Waals surface area contributed by atoms with Crippen molar-refractivity contribution < 1.29 is 27.5 Å². The fraction of sp³-hybridized carbons (Fsp3) is 0.607. The van der Waals surface area contributed by atoms with Crippen molar-refractivity contribution in [2.24, 2.45) is 5.92 Å². The van der Waals surface area contributed by atoms with Crippen molar-refractivity contribution >= 4 is 12.4 Å². The highest BCUT2D eigenvalue weighted by atomic mass is 19.4. The van der Waals surface area contributed by atoms with Gasteiger partial charge in [0.1, 0.15) is 11.8 Å². The second-order valence-corrected chi connectivity index (χ2v) is 11.5. The molecule has 9 heteroatoms. The summed E-state index contributed by atoms with van der Waals surface area (Å²) in [6, 6.07) is 4.42. The number of carbonyl (C=O) groups excluding carboxylic acids is 2. The Labute approximate surface area is 216 Å². The van der Waals surface area contributed by atoms with Crippen LogP contribution >= 0.6 is 0 Å². The minimum Gasteiger partial charge on any atom is -0.464 e. The van der Waals surface area contributed by atoms with Crippen molar-refractivity contribution in [2.45, 2.75) is 103 Å². The van der Waals surface area contributed by atoms with E-state index in [0.717, 1.165) is 37.4 Å². The molecule has 0 bridgehead atoms. The lowest BCUT2D eigenvalue weighted by Gasteiger charge is -2.34. The van der Waals surface area contributed by atoms with E-state index in [0.29, 0.717) is 54.3 Å². The van der Waals surface area contributed by atoms with Gasteiger partial charge >= 0.3 is 6.18 Å². The number of amides is 1. The summed E-state index contributed by atoms with van der Waals surface area (Å²) in [4.78, 5) is 27.7. The van der Waals surface area contributed by atoms with Gasteiger partial charge in [0, 0.05) is 53.5 Å². The second kappa shape index (κ2) is 10.5. The third-order valence-electron chi connectivity index (χ3n) is 7.63. The molecule has 0 atom stereocenters. The molecule has 2 aromatic heterocycles. The molecule has 6 nitrogen and oxygen atoms in total. The Morgan fingerprint density at radius 1 is 1.11 bits per heavy atom. The Balaban J connectivity index is 1.74. The Morgan fingerprint density at radius 2 is 1.76 bits per heavy atom. The number of aromatic nitrogens is 2. The van der Waals surface area contributed by atoms with E-state index < -0.39 is 17.3 Å². The topological polar surface area (TPSA) is 73.2 Å². The van der Waals surface area contributed by atoms with Gasteiger partial charge in [-0.2, -0.15) is 13.2 Å². The Kier molecular flexibility index (Phi) is 7.72. The highest BCUT2D eigenvalue weighted by molar-refractivity contribution is 5.97. The van der Waals surface area contributed by atoms with E-state index in [-0.39, 0.29) is 18.1 Å². The lowest BCUT2D eigenvalue weighted by Crippen LogP contribution is -2.47. The Bertz CT molecular complexity index is 1110. The van der Waals surface area contributed by atoms with Crippen molar-refractivity contribution in [3.05, 3.63) is 40.8 Å². The fourth-order valence-corrected chi connectivity index (χ4v) is 5.32. The van der Waals surface area contributed by atoms with Crippen LogP contribution in [0, 0.1) is 12.8 Å². The third-order valence-corrected chi connectivity index (χ3v) is 7.63. The summed E-state index contributed by atoms with van der Waals surface area (Å²) in [5, 5.41) is 2.99. The van der Waals surface area contributed by atoms with Crippen molar-refractivity contribution in [1.82, 2.24) is 14.9 Å². The van der Waals surface area contributed by atoms with Gasteiger partial charge in [0.15, 0.2) is 0 Å². The van der Waals surface area contributed by atoms with Crippen LogP contribution < -0.4 is 5.32 Å². The summed E-state index contributed by atoms with van der Waals surface area (Å²) in [6.45, 7) is 8.44. The molecule has 1 amide bonds. The number of rotatable bonds is 7. The number of hydrogen-bond donors (Lipinski definition) is 1. The van der Waals surface area contributed by atoms with Gasteiger partial charge in [0.25, 0.3) is 12.4 Å². The van der Waals surface area contributed by atoms with Gasteiger partial charge in [-0.15, -0.1) is 0 Å². The first-order chi connectivity index (χ1) is 17.4. The monoisotopic (exact) mass is 519 g/mol. The van der Waals surface area contributed by atoms with E-state index in [1.165, 1.54) is 6.42 Å². The maximum Gasteiger partial charge on any atom is 0.433 e. The van der Waals surface area contributed by atoms with E-state index in [1.54, 1.807) is 12.1 Å². The van der Waals surface area contributed by atoms with Gasteiger partial charge in [-0.25, -0.2) is 4.98 Å². The number of nitrogens with one attached hydrogen (secondary N) is 1. The highest BCUT2D eigenvalue weighted by Gasteiger charge is 2.36. The molecule has 0 spiro atoms. The summed E-state index contributed by atoms with van der Waals surface area (Å²) in [7, 11) is 0. The molecule has 0 unspecified atom stereocenters. The standard InChI is InChI=1S/C28H36F3N3O3/c1-17-22(26(36)32-20-12-21(13-20)37-16-35)14-23(34(17)15-18-8-6-5-7-9-18)19-10-24(27(2,3)4)33-25(11-19)28(29,30)31/h10-11,14,16,18,20-21H,5-9,12-13,15H2,1-4H3,(H,32,36)/t20-,21-. The molecule has 2 heterocycles. The van der Waals surface area contributed by atoms with Crippen LogP contribution in [-0.4, -0.2) is 34.1 Å². The normalized spacial score (nSPS) is 20.8. The predicted molar refractivity (Wildman–Crippen MR) is 134 cm³/mol. The van der Waals surface area contributed by atoms with Crippen LogP contribution in [0.3, 0.4) is 0 Å². The van der Waals surface area contributed by atoms with Gasteiger partial charge < -0.3 is 14.6 Å². The maximum absolute atomic E-state index is 13.8. The van der Waals surface area contributed by atoms with Gasteiger partial charge in [0.05, 0.1) is 5.56 Å². The first-order valence-corrected chi connectivity index (χ1v) is 13.1. The van der Waals surface area contributed by atoms with Crippen molar-refractivity contribution in [2.75, 3.05) is 0 Å². The molecular formula is C28H36F3N3O3. The molecular weight excluding hydrogens is 483 g/mol. The Morgan fingerprint density at radius 3 is 2.35 bits per heavy atom. The first-order valence-electron chi connectivity index (χ1n) is 13.1. The first kappa shape index (κ1) is 27.2. The Hall–Kier alpha value is -2.84. The SMILES string of the molecule is Cc1c(C(=O)N[C@H]2C[C@H](OC=O)C2)cc(-c2cc(C(C)(C)C)nc(C(F)(F)F)c2)n1CC1CCCCC1. The zero-order valence-corrected chi connectivity index (χ0v) is 22.0. The lowest BCUT2D eigenvalue weighted by molar-refractivity contribution is -0.141. The average molecular weight is 520 g/mol. The number of pyridine rings is 1. The summed E-state index contributed by atoms with van der Waals surface area (Å²) >= 11 is 0. The minimum absolute atomic E-state index is 0.104. The molecule has 2 saturated carbocycles. The van der Waals surface area contributed by atoms with E-state index in [1.807, 2.05) is 32.3 Å². The van der Waals surface area contributed by atoms with E-state index in [2.05, 4.69) is 10.3 Å². The molecule has 2 fully saturated rings. The zero-order chi connectivity index (χ0) is 27.0. The van der Waals surface area contributed by atoms with Gasteiger partial charge in [-0.1, -0.05) is 40.0 Å². The molecule has 2 aliphatic carbocycles. The van der Waals surface area contributed by atoms with Crippen LogP contribution in [0.1, 0.15) is 93.2 Å². The molecule has 2 aromatic rings. The van der Waals surface area contributed by atoms with Crippen LogP contribution in [0.5, 0.6) is 0 Å². The van der Waals surface area contributed by atoms with Gasteiger partial charge in [0.2, 0.25) is 0 Å².